The first-order chi connectivity index (χ1) is 13.8. The molecule has 2 aliphatic rings. The highest BCUT2D eigenvalue weighted by molar-refractivity contribution is 7.17. The van der Waals surface area contributed by atoms with Gasteiger partial charge in [-0.2, -0.15) is 0 Å². The summed E-state index contributed by atoms with van der Waals surface area (Å²) in [4.78, 5) is 41.0. The van der Waals surface area contributed by atoms with Crippen molar-refractivity contribution in [2.75, 3.05) is 11.5 Å². The van der Waals surface area contributed by atoms with Crippen LogP contribution in [-0.4, -0.2) is 24.4 Å². The molecule has 29 heavy (non-hydrogen) atoms. The van der Waals surface area contributed by atoms with Gasteiger partial charge in [-0.05, 0) is 38.2 Å². The zero-order valence-electron chi connectivity index (χ0n) is 15.0. The number of amides is 2. The second-order valence-electron chi connectivity index (χ2n) is 6.56. The van der Waals surface area contributed by atoms with Crippen molar-refractivity contribution in [3.05, 3.63) is 47.2 Å². The van der Waals surface area contributed by atoms with Crippen LogP contribution in [0.4, 0.5) is 5.00 Å². The minimum absolute atomic E-state index is 0.101. The molecule has 0 atom stereocenters. The van der Waals surface area contributed by atoms with E-state index in [0.717, 1.165) is 34.6 Å². The Labute approximate surface area is 190 Å². The van der Waals surface area contributed by atoms with E-state index in [2.05, 4.69) is 0 Å². The summed E-state index contributed by atoms with van der Waals surface area (Å²) in [6, 6.07) is 0. The second-order valence-corrected chi connectivity index (χ2v) is 9.16. The molecule has 0 fully saturated rings. The Bertz CT molecular complexity index is 1050. The second kappa shape index (κ2) is 7.75. The van der Waals surface area contributed by atoms with Crippen molar-refractivity contribution >= 4 is 80.5 Å². The van der Waals surface area contributed by atoms with E-state index >= 15 is 0 Å². The monoisotopic (exact) mass is 491 g/mol. The molecule has 2 amide bonds. The van der Waals surface area contributed by atoms with Crippen molar-refractivity contribution in [3.63, 3.8) is 0 Å². The van der Waals surface area contributed by atoms with Crippen LogP contribution in [0.5, 0.6) is 0 Å². The summed E-state index contributed by atoms with van der Waals surface area (Å²) < 4.78 is 5.21. The fourth-order valence-electron chi connectivity index (χ4n) is 3.66. The number of esters is 1. The summed E-state index contributed by atoms with van der Waals surface area (Å²) in [6.07, 6.45) is 3.35. The number of nitrogens with zero attached hydrogens (tertiary/aromatic N) is 1. The van der Waals surface area contributed by atoms with Crippen LogP contribution < -0.4 is 4.90 Å². The quantitative estimate of drug-likeness (QED) is 0.221. The molecule has 1 aliphatic heterocycles. The van der Waals surface area contributed by atoms with Crippen molar-refractivity contribution in [1.82, 2.24) is 0 Å². The third kappa shape index (κ3) is 3.08. The maximum Gasteiger partial charge on any atom is 0.341 e. The smallest absolute Gasteiger partial charge is 0.341 e. The fourth-order valence-corrected chi connectivity index (χ4v) is 6.04. The normalized spacial score (nSPS) is 15.6. The van der Waals surface area contributed by atoms with Gasteiger partial charge in [0, 0.05) is 4.88 Å². The average molecular weight is 493 g/mol. The Kier molecular flexibility index (Phi) is 5.59. The number of imide groups is 1. The van der Waals surface area contributed by atoms with E-state index in [4.69, 9.17) is 51.1 Å². The van der Waals surface area contributed by atoms with Gasteiger partial charge in [-0.1, -0.05) is 46.4 Å². The number of hydrogen-bond acceptors (Lipinski definition) is 5. The lowest BCUT2D eigenvalue weighted by atomic mass is 9.95. The number of rotatable bonds is 3. The molecule has 152 valence electrons. The number of benzene rings is 1. The van der Waals surface area contributed by atoms with Gasteiger partial charge in [0.2, 0.25) is 0 Å². The van der Waals surface area contributed by atoms with E-state index in [-0.39, 0.29) is 48.4 Å². The molecule has 10 heteroatoms. The third-order valence-corrected chi connectivity index (χ3v) is 8.02. The Morgan fingerprint density at radius 1 is 0.966 bits per heavy atom. The Hall–Kier alpha value is -1.31. The maximum atomic E-state index is 13.2. The minimum Gasteiger partial charge on any atom is -0.462 e. The molecule has 0 saturated carbocycles. The number of ether oxygens (including phenoxy) is 1. The number of halogens is 4. The average Bonchev–Trinajstić information content (AvgIpc) is 3.19. The zero-order chi connectivity index (χ0) is 21.0. The first kappa shape index (κ1) is 20.9. The van der Waals surface area contributed by atoms with Crippen molar-refractivity contribution in [2.45, 2.75) is 32.6 Å². The molecule has 0 saturated heterocycles. The third-order valence-electron chi connectivity index (χ3n) is 4.94. The van der Waals surface area contributed by atoms with Gasteiger partial charge in [0.15, 0.2) is 0 Å². The molecule has 1 aromatic heterocycles. The van der Waals surface area contributed by atoms with Crippen molar-refractivity contribution in [3.8, 4) is 0 Å². The van der Waals surface area contributed by atoms with E-state index in [1.165, 1.54) is 11.3 Å². The van der Waals surface area contributed by atoms with Crippen LogP contribution in [0.15, 0.2) is 0 Å². The number of aryl methyl sites for hydroxylation is 1. The summed E-state index contributed by atoms with van der Waals surface area (Å²) in [5.41, 5.74) is 0.861. The van der Waals surface area contributed by atoms with E-state index in [1.54, 1.807) is 6.92 Å². The highest BCUT2D eigenvalue weighted by Crippen LogP contribution is 2.48. The molecule has 0 unspecified atom stereocenters. The highest BCUT2D eigenvalue weighted by Gasteiger charge is 2.45. The van der Waals surface area contributed by atoms with Gasteiger partial charge in [-0.3, -0.25) is 9.59 Å². The molecule has 0 radical (unpaired) electrons. The summed E-state index contributed by atoms with van der Waals surface area (Å²) >= 11 is 25.8. The molecule has 0 N–H and O–H groups in total. The SMILES string of the molecule is CCOC(=O)c1c(N2C(=O)c3c(Cl)c(Cl)c(Cl)c(Cl)c3C2=O)sc2c1CCCC2. The van der Waals surface area contributed by atoms with Gasteiger partial charge in [-0.15, -0.1) is 11.3 Å². The number of anilines is 1. The number of hydrogen-bond donors (Lipinski definition) is 0. The zero-order valence-corrected chi connectivity index (χ0v) is 18.9. The summed E-state index contributed by atoms with van der Waals surface area (Å²) in [5.74, 6) is -1.95. The molecule has 1 aromatic carbocycles. The predicted molar refractivity (Wildman–Crippen MR) is 115 cm³/mol. The summed E-state index contributed by atoms with van der Waals surface area (Å²) in [7, 11) is 0. The number of thiophene rings is 1. The van der Waals surface area contributed by atoms with Crippen LogP contribution in [-0.2, 0) is 17.6 Å². The van der Waals surface area contributed by atoms with Crippen molar-refractivity contribution in [2.24, 2.45) is 0 Å². The molecule has 4 rings (SSSR count). The van der Waals surface area contributed by atoms with Crippen LogP contribution in [0, 0.1) is 0 Å². The first-order valence-electron chi connectivity index (χ1n) is 8.85. The van der Waals surface area contributed by atoms with Gasteiger partial charge >= 0.3 is 5.97 Å². The largest absolute Gasteiger partial charge is 0.462 e. The lowest BCUT2D eigenvalue weighted by Gasteiger charge is -2.15. The Morgan fingerprint density at radius 3 is 2.07 bits per heavy atom. The van der Waals surface area contributed by atoms with Crippen LogP contribution in [0.2, 0.25) is 20.1 Å². The van der Waals surface area contributed by atoms with Gasteiger partial charge in [0.05, 0.1) is 43.4 Å². The van der Waals surface area contributed by atoms with Gasteiger partial charge in [0.25, 0.3) is 11.8 Å². The Morgan fingerprint density at radius 2 is 1.52 bits per heavy atom. The van der Waals surface area contributed by atoms with Crippen LogP contribution >= 0.6 is 57.7 Å². The minimum atomic E-state index is -0.695. The Balaban J connectivity index is 1.93. The van der Waals surface area contributed by atoms with Crippen LogP contribution in [0.25, 0.3) is 0 Å². The number of carbonyl (C=O) groups is 3. The van der Waals surface area contributed by atoms with E-state index in [9.17, 15) is 14.4 Å². The molecule has 2 heterocycles. The lowest BCUT2D eigenvalue weighted by Crippen LogP contribution is -2.30. The molecule has 1 aliphatic carbocycles. The van der Waals surface area contributed by atoms with Crippen LogP contribution in [0.3, 0.4) is 0 Å². The van der Waals surface area contributed by atoms with Crippen molar-refractivity contribution in [1.29, 1.82) is 0 Å². The van der Waals surface area contributed by atoms with Gasteiger partial charge in [0.1, 0.15) is 5.00 Å². The summed E-state index contributed by atoms with van der Waals surface area (Å²) in [6.45, 7) is 1.87. The molecule has 2 aromatic rings. The van der Waals surface area contributed by atoms with E-state index < -0.39 is 17.8 Å². The lowest BCUT2D eigenvalue weighted by molar-refractivity contribution is 0.0526. The fraction of sp³-hybridized carbons (Fsp3) is 0.316. The number of fused-ring (bicyclic) bond motifs is 2. The topological polar surface area (TPSA) is 63.7 Å². The van der Waals surface area contributed by atoms with E-state index in [1.807, 2.05) is 0 Å². The van der Waals surface area contributed by atoms with Gasteiger partial charge in [-0.25, -0.2) is 9.69 Å². The molecular weight excluding hydrogens is 480 g/mol. The molecule has 5 nitrogen and oxygen atoms in total. The summed E-state index contributed by atoms with van der Waals surface area (Å²) in [5, 5.41) is -0.264. The predicted octanol–water partition coefficient (Wildman–Crippen LogP) is 6.22. The number of carbonyl (C=O) groups excluding carboxylic acids is 3. The van der Waals surface area contributed by atoms with Crippen LogP contribution in [0.1, 0.15) is 61.3 Å². The van der Waals surface area contributed by atoms with E-state index in [0.29, 0.717) is 6.42 Å². The van der Waals surface area contributed by atoms with Crippen molar-refractivity contribution < 1.29 is 19.1 Å². The van der Waals surface area contributed by atoms with Gasteiger partial charge < -0.3 is 4.74 Å². The first-order valence-corrected chi connectivity index (χ1v) is 11.2. The highest BCUT2D eigenvalue weighted by atomic mass is 35.5. The standard InChI is InChI=1S/C19H13Cl4NO4S/c1-2-28-19(27)9-7-5-3-4-6-8(7)29-18(9)24-16(25)10-11(17(24)26)13(21)15(23)14(22)12(10)20/h2-6H2,1H3. The molecular formula is C19H13Cl4NO4S. The molecule has 0 bridgehead atoms. The molecule has 0 spiro atoms. The maximum absolute atomic E-state index is 13.2.